The van der Waals surface area contributed by atoms with E-state index in [-0.39, 0.29) is 11.8 Å². The molecule has 0 aliphatic carbocycles. The summed E-state index contributed by atoms with van der Waals surface area (Å²) >= 11 is 3.17. The van der Waals surface area contributed by atoms with Crippen LogP contribution in [0.25, 0.3) is 0 Å². The Morgan fingerprint density at radius 3 is 2.57 bits per heavy atom. The number of benzene rings is 1. The molecule has 5 nitrogen and oxygen atoms in total. The third-order valence-corrected chi connectivity index (χ3v) is 3.55. The van der Waals surface area contributed by atoms with Crippen LogP contribution in [0.15, 0.2) is 39.6 Å². The van der Waals surface area contributed by atoms with Gasteiger partial charge in [-0.3, -0.25) is 9.59 Å². The van der Waals surface area contributed by atoms with Crippen molar-refractivity contribution in [3.63, 3.8) is 0 Å². The molecule has 0 spiro atoms. The standard InChI is InChI=1S/C15H15BrN2O3/c1-3-17-14(19)10-4-5-12(9(2)8-10)18-15(20)11-6-7-21-13(11)16/h4-8H,3H2,1-2H3,(H,17,19)(H,18,20). The molecule has 0 bridgehead atoms. The first kappa shape index (κ1) is 15.3. The quantitative estimate of drug-likeness (QED) is 0.887. The topological polar surface area (TPSA) is 71.3 Å². The second-order valence-electron chi connectivity index (χ2n) is 4.45. The summed E-state index contributed by atoms with van der Waals surface area (Å²) < 4.78 is 5.42. The van der Waals surface area contributed by atoms with E-state index >= 15 is 0 Å². The molecule has 0 unspecified atom stereocenters. The molecule has 2 amide bonds. The Morgan fingerprint density at radius 1 is 1.24 bits per heavy atom. The molecular weight excluding hydrogens is 336 g/mol. The number of anilines is 1. The van der Waals surface area contributed by atoms with E-state index < -0.39 is 0 Å². The van der Waals surface area contributed by atoms with Gasteiger partial charge in [-0.05, 0) is 59.6 Å². The lowest BCUT2D eigenvalue weighted by Crippen LogP contribution is -2.22. The first-order chi connectivity index (χ1) is 10.0. The number of rotatable bonds is 4. The summed E-state index contributed by atoms with van der Waals surface area (Å²) in [5.41, 5.74) is 2.45. The maximum Gasteiger partial charge on any atom is 0.260 e. The van der Waals surface area contributed by atoms with E-state index in [1.807, 2.05) is 13.8 Å². The predicted molar refractivity (Wildman–Crippen MR) is 83.5 cm³/mol. The molecule has 21 heavy (non-hydrogen) atoms. The predicted octanol–water partition coefficient (Wildman–Crippen LogP) is 3.35. The second-order valence-corrected chi connectivity index (χ2v) is 5.17. The normalized spacial score (nSPS) is 10.2. The van der Waals surface area contributed by atoms with E-state index in [9.17, 15) is 9.59 Å². The molecule has 0 fully saturated rings. The number of carbonyl (C=O) groups excluding carboxylic acids is 2. The van der Waals surface area contributed by atoms with E-state index in [0.29, 0.717) is 28.0 Å². The minimum Gasteiger partial charge on any atom is -0.457 e. The van der Waals surface area contributed by atoms with E-state index in [1.165, 1.54) is 6.26 Å². The van der Waals surface area contributed by atoms with Crippen molar-refractivity contribution in [1.29, 1.82) is 0 Å². The molecule has 0 aliphatic rings. The van der Waals surface area contributed by atoms with Gasteiger partial charge in [0.25, 0.3) is 11.8 Å². The number of aryl methyl sites for hydroxylation is 1. The lowest BCUT2D eigenvalue weighted by molar-refractivity contribution is 0.0955. The summed E-state index contributed by atoms with van der Waals surface area (Å²) in [7, 11) is 0. The van der Waals surface area contributed by atoms with Crippen molar-refractivity contribution in [2.24, 2.45) is 0 Å². The van der Waals surface area contributed by atoms with Gasteiger partial charge in [0.05, 0.1) is 11.8 Å². The minimum absolute atomic E-state index is 0.129. The van der Waals surface area contributed by atoms with E-state index in [2.05, 4.69) is 26.6 Å². The van der Waals surface area contributed by atoms with Crippen molar-refractivity contribution in [3.05, 3.63) is 51.9 Å². The Hall–Kier alpha value is -2.08. The van der Waals surface area contributed by atoms with Crippen LogP contribution in [-0.2, 0) is 0 Å². The van der Waals surface area contributed by atoms with Crippen LogP contribution in [0.3, 0.4) is 0 Å². The van der Waals surface area contributed by atoms with Gasteiger partial charge in [-0.25, -0.2) is 0 Å². The first-order valence-corrected chi connectivity index (χ1v) is 7.25. The number of hydrogen-bond donors (Lipinski definition) is 2. The molecule has 0 saturated heterocycles. The number of furan rings is 1. The smallest absolute Gasteiger partial charge is 0.260 e. The zero-order chi connectivity index (χ0) is 15.4. The number of amides is 2. The van der Waals surface area contributed by atoms with Crippen molar-refractivity contribution in [3.8, 4) is 0 Å². The second kappa shape index (κ2) is 6.58. The molecule has 0 saturated carbocycles. The summed E-state index contributed by atoms with van der Waals surface area (Å²) in [6, 6.07) is 6.71. The third-order valence-electron chi connectivity index (χ3n) is 2.94. The lowest BCUT2D eigenvalue weighted by atomic mass is 10.1. The summed E-state index contributed by atoms with van der Waals surface area (Å²) in [4.78, 5) is 23.8. The Balaban J connectivity index is 2.16. The fraction of sp³-hybridized carbons (Fsp3) is 0.200. The van der Waals surface area contributed by atoms with Crippen LogP contribution in [0.5, 0.6) is 0 Å². The van der Waals surface area contributed by atoms with Gasteiger partial charge in [0.15, 0.2) is 4.67 Å². The summed E-state index contributed by atoms with van der Waals surface area (Å²) in [6.45, 7) is 4.27. The van der Waals surface area contributed by atoms with Gasteiger partial charge in [-0.1, -0.05) is 0 Å². The monoisotopic (exact) mass is 350 g/mol. The largest absolute Gasteiger partial charge is 0.457 e. The molecule has 6 heteroatoms. The van der Waals surface area contributed by atoms with E-state index in [0.717, 1.165) is 5.56 Å². The number of halogens is 1. The molecule has 1 heterocycles. The average molecular weight is 351 g/mol. The average Bonchev–Trinajstić information content (AvgIpc) is 2.87. The highest BCUT2D eigenvalue weighted by Gasteiger charge is 2.14. The zero-order valence-electron chi connectivity index (χ0n) is 11.7. The summed E-state index contributed by atoms with van der Waals surface area (Å²) in [6.07, 6.45) is 1.43. The molecule has 2 aromatic rings. The minimum atomic E-state index is -0.274. The van der Waals surface area contributed by atoms with Gasteiger partial charge in [-0.15, -0.1) is 0 Å². The lowest BCUT2D eigenvalue weighted by Gasteiger charge is -2.10. The van der Waals surface area contributed by atoms with Crippen LogP contribution in [0.2, 0.25) is 0 Å². The van der Waals surface area contributed by atoms with Crippen molar-refractivity contribution in [1.82, 2.24) is 5.32 Å². The maximum atomic E-state index is 12.1. The molecule has 1 aromatic heterocycles. The fourth-order valence-electron chi connectivity index (χ4n) is 1.85. The Morgan fingerprint density at radius 2 is 2.00 bits per heavy atom. The van der Waals surface area contributed by atoms with Crippen molar-refractivity contribution in [2.45, 2.75) is 13.8 Å². The number of hydrogen-bond acceptors (Lipinski definition) is 3. The molecular formula is C15H15BrN2O3. The van der Waals surface area contributed by atoms with Crippen LogP contribution in [0.4, 0.5) is 5.69 Å². The van der Waals surface area contributed by atoms with Crippen LogP contribution in [0.1, 0.15) is 33.2 Å². The van der Waals surface area contributed by atoms with Crippen molar-refractivity contribution >= 4 is 33.4 Å². The summed E-state index contributed by atoms with van der Waals surface area (Å²) in [5.74, 6) is -0.402. The molecule has 0 aliphatic heterocycles. The summed E-state index contributed by atoms with van der Waals surface area (Å²) in [5, 5.41) is 5.53. The molecule has 2 rings (SSSR count). The van der Waals surface area contributed by atoms with Gasteiger partial charge in [0.1, 0.15) is 0 Å². The van der Waals surface area contributed by atoms with E-state index in [1.54, 1.807) is 24.3 Å². The van der Waals surface area contributed by atoms with Gasteiger partial charge >= 0.3 is 0 Å². The van der Waals surface area contributed by atoms with Crippen LogP contribution in [-0.4, -0.2) is 18.4 Å². The molecule has 0 radical (unpaired) electrons. The fourth-order valence-corrected chi connectivity index (χ4v) is 2.27. The molecule has 0 atom stereocenters. The van der Waals surface area contributed by atoms with Crippen molar-refractivity contribution in [2.75, 3.05) is 11.9 Å². The highest BCUT2D eigenvalue weighted by Crippen LogP contribution is 2.21. The molecule has 110 valence electrons. The van der Waals surface area contributed by atoms with Crippen molar-refractivity contribution < 1.29 is 14.0 Å². The number of nitrogens with one attached hydrogen (secondary N) is 2. The highest BCUT2D eigenvalue weighted by atomic mass is 79.9. The molecule has 1 aromatic carbocycles. The van der Waals surface area contributed by atoms with Crippen LogP contribution in [0, 0.1) is 6.92 Å². The zero-order valence-corrected chi connectivity index (χ0v) is 13.3. The van der Waals surface area contributed by atoms with E-state index in [4.69, 9.17) is 4.42 Å². The van der Waals surface area contributed by atoms with Gasteiger partial charge < -0.3 is 15.1 Å². The Kier molecular flexibility index (Phi) is 4.80. The SMILES string of the molecule is CCNC(=O)c1ccc(NC(=O)c2ccoc2Br)c(C)c1. The maximum absolute atomic E-state index is 12.1. The van der Waals surface area contributed by atoms with Gasteiger partial charge in [0, 0.05) is 17.8 Å². The molecule has 2 N–H and O–H groups in total. The van der Waals surface area contributed by atoms with Gasteiger partial charge in [0.2, 0.25) is 0 Å². The van der Waals surface area contributed by atoms with Crippen LogP contribution >= 0.6 is 15.9 Å². The first-order valence-electron chi connectivity index (χ1n) is 6.46. The number of carbonyl (C=O) groups is 2. The third kappa shape index (κ3) is 3.52. The highest BCUT2D eigenvalue weighted by molar-refractivity contribution is 9.10. The van der Waals surface area contributed by atoms with Gasteiger partial charge in [-0.2, -0.15) is 0 Å². The Labute approximate surface area is 130 Å². The van der Waals surface area contributed by atoms with Crippen LogP contribution < -0.4 is 10.6 Å². The Bertz CT molecular complexity index is 679.